The summed E-state index contributed by atoms with van der Waals surface area (Å²) in [6, 6.07) is 7.04. The van der Waals surface area contributed by atoms with Gasteiger partial charge in [0.1, 0.15) is 5.75 Å². The summed E-state index contributed by atoms with van der Waals surface area (Å²) in [5.74, 6) is 0.536. The Balaban J connectivity index is 2.00. The normalized spacial score (nSPS) is 15.0. The molecule has 2 amide bonds. The van der Waals surface area contributed by atoms with Gasteiger partial charge in [-0.25, -0.2) is 0 Å². The lowest BCUT2D eigenvalue weighted by Gasteiger charge is -2.26. The average molecular weight is 262 g/mol. The fourth-order valence-corrected chi connectivity index (χ4v) is 1.91. The molecule has 0 saturated carbocycles. The van der Waals surface area contributed by atoms with Gasteiger partial charge in [-0.1, -0.05) is 6.92 Å². The molecule has 0 aliphatic carbocycles. The van der Waals surface area contributed by atoms with Crippen LogP contribution in [0.2, 0.25) is 0 Å². The van der Waals surface area contributed by atoms with Crippen LogP contribution in [0.25, 0.3) is 0 Å². The molecule has 0 radical (unpaired) electrons. The first kappa shape index (κ1) is 13.4. The van der Waals surface area contributed by atoms with Crippen LogP contribution in [-0.2, 0) is 4.79 Å². The van der Waals surface area contributed by atoms with Gasteiger partial charge in [-0.05, 0) is 30.7 Å². The van der Waals surface area contributed by atoms with E-state index in [2.05, 4.69) is 5.32 Å². The van der Waals surface area contributed by atoms with Crippen LogP contribution in [0, 0.1) is 0 Å². The highest BCUT2D eigenvalue weighted by Gasteiger charge is 2.21. The van der Waals surface area contributed by atoms with Crippen LogP contribution in [0.15, 0.2) is 24.3 Å². The van der Waals surface area contributed by atoms with E-state index in [0.29, 0.717) is 25.3 Å². The molecule has 19 heavy (non-hydrogen) atoms. The summed E-state index contributed by atoms with van der Waals surface area (Å²) in [7, 11) is 0. The molecular weight excluding hydrogens is 244 g/mol. The summed E-state index contributed by atoms with van der Waals surface area (Å²) >= 11 is 0. The molecule has 1 aliphatic rings. The highest BCUT2D eigenvalue weighted by molar-refractivity contribution is 5.97. The average Bonchev–Trinajstić information content (AvgIpc) is 2.45. The van der Waals surface area contributed by atoms with Crippen molar-refractivity contribution < 1.29 is 14.3 Å². The molecule has 0 aromatic heterocycles. The van der Waals surface area contributed by atoms with Crippen molar-refractivity contribution in [3.8, 4) is 5.75 Å². The predicted molar refractivity (Wildman–Crippen MR) is 71.1 cm³/mol. The van der Waals surface area contributed by atoms with Gasteiger partial charge in [0.05, 0.1) is 13.2 Å². The van der Waals surface area contributed by atoms with E-state index >= 15 is 0 Å². The molecule has 1 fully saturated rings. The Labute approximate surface area is 112 Å². The molecule has 1 saturated heterocycles. The number of rotatable bonds is 4. The van der Waals surface area contributed by atoms with E-state index in [1.807, 2.05) is 6.92 Å². The van der Waals surface area contributed by atoms with Gasteiger partial charge >= 0.3 is 0 Å². The SMILES string of the molecule is CCCOc1ccc(C(=O)N2CCNC(=O)C2)cc1. The molecule has 0 bridgehead atoms. The zero-order chi connectivity index (χ0) is 13.7. The third kappa shape index (κ3) is 3.47. The van der Waals surface area contributed by atoms with Crippen LogP contribution in [0.4, 0.5) is 0 Å². The van der Waals surface area contributed by atoms with Crippen molar-refractivity contribution in [3.05, 3.63) is 29.8 Å². The number of benzene rings is 1. The quantitative estimate of drug-likeness (QED) is 0.882. The standard InChI is InChI=1S/C14H18N2O3/c1-2-9-19-12-5-3-11(4-6-12)14(18)16-8-7-15-13(17)10-16/h3-6H,2,7-10H2,1H3,(H,15,17). The highest BCUT2D eigenvalue weighted by atomic mass is 16.5. The Hall–Kier alpha value is -2.04. The van der Waals surface area contributed by atoms with Gasteiger partial charge in [-0.3, -0.25) is 9.59 Å². The number of amides is 2. The van der Waals surface area contributed by atoms with Crippen LogP contribution >= 0.6 is 0 Å². The first-order chi connectivity index (χ1) is 9.20. The van der Waals surface area contributed by atoms with Crippen molar-refractivity contribution in [1.82, 2.24) is 10.2 Å². The first-order valence-corrected chi connectivity index (χ1v) is 6.49. The van der Waals surface area contributed by atoms with Crippen LogP contribution in [0.1, 0.15) is 23.7 Å². The maximum absolute atomic E-state index is 12.2. The molecule has 5 nitrogen and oxygen atoms in total. The number of hydrogen-bond donors (Lipinski definition) is 1. The van der Waals surface area contributed by atoms with Gasteiger partial charge in [-0.2, -0.15) is 0 Å². The van der Waals surface area contributed by atoms with E-state index in [4.69, 9.17) is 4.74 Å². The third-order valence-electron chi connectivity index (χ3n) is 2.90. The number of nitrogens with zero attached hydrogens (tertiary/aromatic N) is 1. The Kier molecular flexibility index (Phi) is 4.39. The van der Waals surface area contributed by atoms with E-state index < -0.39 is 0 Å². The molecule has 1 aliphatic heterocycles. The molecule has 102 valence electrons. The summed E-state index contributed by atoms with van der Waals surface area (Å²) in [6.45, 7) is 3.91. The van der Waals surface area contributed by atoms with Gasteiger partial charge in [-0.15, -0.1) is 0 Å². The lowest BCUT2D eigenvalue weighted by Crippen LogP contribution is -2.49. The van der Waals surface area contributed by atoms with E-state index in [1.165, 1.54) is 0 Å². The minimum Gasteiger partial charge on any atom is -0.494 e. The van der Waals surface area contributed by atoms with Crippen molar-refractivity contribution in [2.75, 3.05) is 26.2 Å². The first-order valence-electron chi connectivity index (χ1n) is 6.49. The van der Waals surface area contributed by atoms with E-state index in [9.17, 15) is 9.59 Å². The fraction of sp³-hybridized carbons (Fsp3) is 0.429. The number of ether oxygens (including phenoxy) is 1. The minimum absolute atomic E-state index is 0.109. The number of carbonyl (C=O) groups excluding carboxylic acids is 2. The fourth-order valence-electron chi connectivity index (χ4n) is 1.91. The molecule has 2 rings (SSSR count). The molecule has 1 N–H and O–H groups in total. The van der Waals surface area contributed by atoms with Gasteiger partial charge < -0.3 is 15.0 Å². The predicted octanol–water partition coefficient (Wildman–Crippen LogP) is 1.05. The minimum atomic E-state index is -0.114. The zero-order valence-electron chi connectivity index (χ0n) is 11.0. The monoisotopic (exact) mass is 262 g/mol. The van der Waals surface area contributed by atoms with Gasteiger partial charge in [0, 0.05) is 18.7 Å². The van der Waals surface area contributed by atoms with Gasteiger partial charge in [0.25, 0.3) is 5.91 Å². The topological polar surface area (TPSA) is 58.6 Å². The third-order valence-corrected chi connectivity index (χ3v) is 2.90. The van der Waals surface area contributed by atoms with Crippen LogP contribution < -0.4 is 10.1 Å². The number of piperazine rings is 1. The molecular formula is C14H18N2O3. The largest absolute Gasteiger partial charge is 0.494 e. The van der Waals surface area contributed by atoms with Crippen LogP contribution in [0.3, 0.4) is 0 Å². The number of carbonyl (C=O) groups is 2. The molecule has 0 unspecified atom stereocenters. The van der Waals surface area contributed by atoms with Crippen molar-refractivity contribution in [1.29, 1.82) is 0 Å². The van der Waals surface area contributed by atoms with E-state index in [-0.39, 0.29) is 18.4 Å². The summed E-state index contributed by atoms with van der Waals surface area (Å²) in [4.78, 5) is 25.0. The summed E-state index contributed by atoms with van der Waals surface area (Å²) in [5.41, 5.74) is 0.582. The summed E-state index contributed by atoms with van der Waals surface area (Å²) < 4.78 is 5.46. The van der Waals surface area contributed by atoms with Crippen molar-refractivity contribution >= 4 is 11.8 Å². The Morgan fingerprint density at radius 2 is 2.11 bits per heavy atom. The summed E-state index contributed by atoms with van der Waals surface area (Å²) in [5, 5.41) is 2.70. The van der Waals surface area contributed by atoms with E-state index in [1.54, 1.807) is 29.2 Å². The Morgan fingerprint density at radius 1 is 1.37 bits per heavy atom. The molecule has 5 heteroatoms. The van der Waals surface area contributed by atoms with Crippen molar-refractivity contribution in [2.45, 2.75) is 13.3 Å². The van der Waals surface area contributed by atoms with E-state index in [0.717, 1.165) is 12.2 Å². The summed E-state index contributed by atoms with van der Waals surface area (Å²) in [6.07, 6.45) is 0.948. The van der Waals surface area contributed by atoms with Crippen molar-refractivity contribution in [3.63, 3.8) is 0 Å². The number of nitrogens with one attached hydrogen (secondary N) is 1. The maximum atomic E-state index is 12.2. The lowest BCUT2D eigenvalue weighted by molar-refractivity contribution is -0.123. The second kappa shape index (κ2) is 6.22. The van der Waals surface area contributed by atoms with Gasteiger partial charge in [0.2, 0.25) is 5.91 Å². The molecule has 1 aromatic rings. The highest BCUT2D eigenvalue weighted by Crippen LogP contribution is 2.14. The lowest BCUT2D eigenvalue weighted by atomic mass is 10.2. The Bertz CT molecular complexity index is 456. The van der Waals surface area contributed by atoms with Crippen molar-refractivity contribution in [2.24, 2.45) is 0 Å². The molecule has 0 atom stereocenters. The molecule has 1 aromatic carbocycles. The zero-order valence-corrected chi connectivity index (χ0v) is 11.0. The number of hydrogen-bond acceptors (Lipinski definition) is 3. The second-order valence-corrected chi connectivity index (χ2v) is 4.45. The molecule has 0 spiro atoms. The van der Waals surface area contributed by atoms with Crippen LogP contribution in [-0.4, -0.2) is 43.0 Å². The second-order valence-electron chi connectivity index (χ2n) is 4.45. The Morgan fingerprint density at radius 3 is 2.74 bits per heavy atom. The smallest absolute Gasteiger partial charge is 0.254 e. The maximum Gasteiger partial charge on any atom is 0.254 e. The molecule has 1 heterocycles. The van der Waals surface area contributed by atoms with Gasteiger partial charge in [0.15, 0.2) is 0 Å². The van der Waals surface area contributed by atoms with Crippen LogP contribution in [0.5, 0.6) is 5.75 Å².